The zero-order chi connectivity index (χ0) is 19.0. The van der Waals surface area contributed by atoms with Crippen molar-refractivity contribution in [3.05, 3.63) is 53.2 Å². The minimum atomic E-state index is -0.662. The lowest BCUT2D eigenvalue weighted by atomic mass is 10.1. The van der Waals surface area contributed by atoms with Gasteiger partial charge in [-0.05, 0) is 38.1 Å². The van der Waals surface area contributed by atoms with E-state index in [0.717, 1.165) is 60.0 Å². The molecular weight excluding hydrogens is 345 g/mol. The van der Waals surface area contributed by atoms with Crippen LogP contribution in [0.15, 0.2) is 30.5 Å². The first-order chi connectivity index (χ1) is 13.0. The summed E-state index contributed by atoms with van der Waals surface area (Å²) < 4.78 is 13.6. The number of rotatable bonds is 4. The second-order valence-electron chi connectivity index (χ2n) is 7.19. The van der Waals surface area contributed by atoms with Crippen molar-refractivity contribution >= 4 is 16.9 Å². The van der Waals surface area contributed by atoms with E-state index in [2.05, 4.69) is 24.8 Å². The predicted molar refractivity (Wildman–Crippen MR) is 103 cm³/mol. The van der Waals surface area contributed by atoms with Gasteiger partial charge in [0.15, 0.2) is 0 Å². The molecule has 2 N–H and O–H groups in total. The molecule has 1 aromatic carbocycles. The summed E-state index contributed by atoms with van der Waals surface area (Å²) in [7, 11) is 0. The molecule has 0 bridgehead atoms. The van der Waals surface area contributed by atoms with E-state index >= 15 is 0 Å². The van der Waals surface area contributed by atoms with Gasteiger partial charge in [-0.1, -0.05) is 0 Å². The van der Waals surface area contributed by atoms with E-state index in [0.29, 0.717) is 6.54 Å². The van der Waals surface area contributed by atoms with Crippen LogP contribution < -0.4 is 4.90 Å². The summed E-state index contributed by atoms with van der Waals surface area (Å²) in [4.78, 5) is 16.6. The zero-order valence-electron chi connectivity index (χ0n) is 15.6. The molecule has 7 heteroatoms. The van der Waals surface area contributed by atoms with Crippen molar-refractivity contribution in [3.63, 3.8) is 0 Å². The fourth-order valence-corrected chi connectivity index (χ4v) is 3.71. The molecule has 0 aliphatic carbocycles. The van der Waals surface area contributed by atoms with Gasteiger partial charge in [0.05, 0.1) is 6.10 Å². The molecule has 0 amide bonds. The number of aromatic amines is 1. The van der Waals surface area contributed by atoms with Crippen LogP contribution >= 0.6 is 0 Å². The highest BCUT2D eigenvalue weighted by molar-refractivity contribution is 5.83. The molecule has 142 valence electrons. The molecule has 3 aromatic rings. The molecule has 4 rings (SSSR count). The number of hydrogen-bond donors (Lipinski definition) is 2. The van der Waals surface area contributed by atoms with E-state index in [4.69, 9.17) is 0 Å². The quantitative estimate of drug-likeness (QED) is 0.740. The largest absolute Gasteiger partial charge is 0.387 e. The highest BCUT2D eigenvalue weighted by Gasteiger charge is 2.23. The Labute approximate surface area is 157 Å². The molecule has 2 aromatic heterocycles. The third kappa shape index (κ3) is 3.79. The van der Waals surface area contributed by atoms with Crippen LogP contribution in [0.4, 0.5) is 10.3 Å². The number of H-pyrrole nitrogens is 1. The molecular formula is C20H24FN5O. The molecule has 1 atom stereocenters. The number of piperazine rings is 1. The zero-order valence-corrected chi connectivity index (χ0v) is 15.6. The smallest absolute Gasteiger partial charge is 0.225 e. The van der Waals surface area contributed by atoms with Gasteiger partial charge in [-0.2, -0.15) is 0 Å². The van der Waals surface area contributed by atoms with Gasteiger partial charge in [-0.3, -0.25) is 4.90 Å². The summed E-state index contributed by atoms with van der Waals surface area (Å²) in [5, 5.41) is 11.4. The van der Waals surface area contributed by atoms with Gasteiger partial charge in [-0.15, -0.1) is 0 Å². The Morgan fingerprint density at radius 3 is 2.52 bits per heavy atom. The average Bonchev–Trinajstić information content (AvgIpc) is 3.04. The van der Waals surface area contributed by atoms with E-state index in [1.807, 2.05) is 19.9 Å². The Morgan fingerprint density at radius 1 is 1.11 bits per heavy atom. The lowest BCUT2D eigenvalue weighted by Crippen LogP contribution is -2.48. The molecule has 0 radical (unpaired) electrons. The number of aliphatic hydroxyl groups excluding tert-OH is 1. The van der Waals surface area contributed by atoms with Gasteiger partial charge in [0.25, 0.3) is 0 Å². The van der Waals surface area contributed by atoms with Crippen molar-refractivity contribution in [3.8, 4) is 0 Å². The number of fused-ring (bicyclic) bond motifs is 1. The second-order valence-corrected chi connectivity index (χ2v) is 7.19. The molecule has 0 unspecified atom stereocenters. The van der Waals surface area contributed by atoms with Crippen molar-refractivity contribution in [1.82, 2.24) is 19.9 Å². The maximum Gasteiger partial charge on any atom is 0.225 e. The Hall–Kier alpha value is -2.51. The molecule has 0 saturated carbocycles. The summed E-state index contributed by atoms with van der Waals surface area (Å²) in [5.74, 6) is 0.484. The maximum absolute atomic E-state index is 13.6. The molecule has 1 saturated heterocycles. The fraction of sp³-hybridized carbons (Fsp3) is 0.400. The Bertz CT molecular complexity index is 928. The van der Waals surface area contributed by atoms with E-state index in [1.165, 1.54) is 12.1 Å². The highest BCUT2D eigenvalue weighted by atomic mass is 19.1. The van der Waals surface area contributed by atoms with Crippen LogP contribution in [-0.4, -0.2) is 57.7 Å². The SMILES string of the molecule is Cc1cc(C)nc(N2CCN(C[C@H](O)c3c[nH]c4ccc(F)cc34)CC2)n1. The molecule has 0 spiro atoms. The minimum Gasteiger partial charge on any atom is -0.387 e. The third-order valence-corrected chi connectivity index (χ3v) is 5.09. The maximum atomic E-state index is 13.6. The van der Waals surface area contributed by atoms with Gasteiger partial charge in [0.1, 0.15) is 5.82 Å². The number of hydrogen-bond acceptors (Lipinski definition) is 5. The average molecular weight is 369 g/mol. The number of benzene rings is 1. The fourth-order valence-electron chi connectivity index (χ4n) is 3.71. The van der Waals surface area contributed by atoms with Crippen LogP contribution in [-0.2, 0) is 0 Å². The molecule has 6 nitrogen and oxygen atoms in total. The van der Waals surface area contributed by atoms with E-state index in [1.54, 1.807) is 12.3 Å². The number of β-amino-alcohol motifs (C(OH)–C–C–N with tert-alkyl or cyclic N) is 1. The number of aliphatic hydroxyl groups is 1. The summed E-state index contributed by atoms with van der Waals surface area (Å²) in [6.07, 6.45) is 1.11. The van der Waals surface area contributed by atoms with Crippen LogP contribution in [0, 0.1) is 19.7 Å². The number of aryl methyl sites for hydroxylation is 2. The van der Waals surface area contributed by atoms with Crippen LogP contribution in [0.1, 0.15) is 23.1 Å². The standard InChI is InChI=1S/C20H24FN5O/c1-13-9-14(2)24-20(23-13)26-7-5-25(6-8-26)12-19(27)17-11-22-18-4-3-15(21)10-16(17)18/h3-4,9-11,19,22,27H,5-8,12H2,1-2H3/t19-/m0/s1. The van der Waals surface area contributed by atoms with Crippen LogP contribution in [0.2, 0.25) is 0 Å². The second kappa shape index (κ2) is 7.25. The van der Waals surface area contributed by atoms with E-state index in [-0.39, 0.29) is 5.82 Å². The van der Waals surface area contributed by atoms with Crippen molar-refractivity contribution < 1.29 is 9.50 Å². The van der Waals surface area contributed by atoms with Crippen molar-refractivity contribution in [2.24, 2.45) is 0 Å². The van der Waals surface area contributed by atoms with Gasteiger partial charge in [0.2, 0.25) is 5.95 Å². The monoisotopic (exact) mass is 369 g/mol. The number of nitrogens with one attached hydrogen (secondary N) is 1. The van der Waals surface area contributed by atoms with Crippen molar-refractivity contribution in [2.45, 2.75) is 20.0 Å². The first-order valence-electron chi connectivity index (χ1n) is 9.24. The van der Waals surface area contributed by atoms with Crippen molar-refractivity contribution in [2.75, 3.05) is 37.6 Å². The van der Waals surface area contributed by atoms with Crippen LogP contribution in [0.3, 0.4) is 0 Å². The van der Waals surface area contributed by atoms with Gasteiger partial charge >= 0.3 is 0 Å². The number of anilines is 1. The van der Waals surface area contributed by atoms with Gasteiger partial charge in [0, 0.05) is 66.8 Å². The molecule has 3 heterocycles. The number of halogens is 1. The Morgan fingerprint density at radius 2 is 1.81 bits per heavy atom. The number of aromatic nitrogens is 3. The molecule has 1 aliphatic rings. The first kappa shape index (κ1) is 17.9. The first-order valence-corrected chi connectivity index (χ1v) is 9.24. The Kier molecular flexibility index (Phi) is 4.80. The van der Waals surface area contributed by atoms with Crippen LogP contribution in [0.25, 0.3) is 10.9 Å². The highest BCUT2D eigenvalue weighted by Crippen LogP contribution is 2.26. The molecule has 1 fully saturated rings. The minimum absolute atomic E-state index is 0.294. The predicted octanol–water partition coefficient (Wildman–Crippen LogP) is 2.57. The van der Waals surface area contributed by atoms with Gasteiger partial charge < -0.3 is 15.0 Å². The normalized spacial score (nSPS) is 16.8. The Balaban J connectivity index is 1.40. The summed E-state index contributed by atoms with van der Waals surface area (Å²) in [6, 6.07) is 6.56. The summed E-state index contributed by atoms with van der Waals surface area (Å²) in [5.41, 5.74) is 3.52. The van der Waals surface area contributed by atoms with Gasteiger partial charge in [-0.25, -0.2) is 14.4 Å². The summed E-state index contributed by atoms with van der Waals surface area (Å²) in [6.45, 7) is 7.76. The van der Waals surface area contributed by atoms with Crippen molar-refractivity contribution in [1.29, 1.82) is 0 Å². The topological polar surface area (TPSA) is 68.3 Å². The third-order valence-electron chi connectivity index (χ3n) is 5.09. The summed E-state index contributed by atoms with van der Waals surface area (Å²) >= 11 is 0. The van der Waals surface area contributed by atoms with Crippen LogP contribution in [0.5, 0.6) is 0 Å². The van der Waals surface area contributed by atoms with E-state index < -0.39 is 6.10 Å². The molecule has 27 heavy (non-hydrogen) atoms. The lowest BCUT2D eigenvalue weighted by Gasteiger charge is -2.35. The number of nitrogens with zero attached hydrogens (tertiary/aromatic N) is 4. The molecule has 1 aliphatic heterocycles. The lowest BCUT2D eigenvalue weighted by molar-refractivity contribution is 0.110. The van der Waals surface area contributed by atoms with E-state index in [9.17, 15) is 9.50 Å².